The van der Waals surface area contributed by atoms with Gasteiger partial charge in [0, 0.05) is 0 Å². The van der Waals surface area contributed by atoms with Crippen molar-refractivity contribution in [3.8, 4) is 0 Å². The minimum atomic E-state index is -1.06. The molecule has 0 spiro atoms. The molecule has 0 aliphatic carbocycles. The van der Waals surface area contributed by atoms with E-state index < -0.39 is 29.9 Å². The van der Waals surface area contributed by atoms with Crippen molar-refractivity contribution in [2.45, 2.75) is 45.8 Å². The van der Waals surface area contributed by atoms with E-state index in [4.69, 9.17) is 19.4 Å². The Balaban J connectivity index is 3.95. The predicted octanol–water partition coefficient (Wildman–Crippen LogP) is 1.32. The second-order valence-corrected chi connectivity index (χ2v) is 5.44. The summed E-state index contributed by atoms with van der Waals surface area (Å²) in [5.74, 6) is -1.06. The molecule has 0 aliphatic rings. The summed E-state index contributed by atoms with van der Waals surface area (Å²) in [6.07, 6.45) is -0.853. The predicted molar refractivity (Wildman–Crippen MR) is 63.0 cm³/mol. The molecule has 0 aliphatic heterocycles. The van der Waals surface area contributed by atoms with E-state index in [2.05, 4.69) is 5.48 Å². The molecule has 106 valence electrons. The second-order valence-electron chi connectivity index (χ2n) is 5.44. The van der Waals surface area contributed by atoms with Crippen molar-refractivity contribution in [3.63, 3.8) is 0 Å². The fraction of sp³-hybridized carbons (Fsp3) is 0.818. The van der Waals surface area contributed by atoms with E-state index in [0.29, 0.717) is 0 Å². The molecule has 7 nitrogen and oxygen atoms in total. The Morgan fingerprint density at radius 2 is 1.72 bits per heavy atom. The van der Waals surface area contributed by atoms with Crippen LogP contribution in [0.1, 0.15) is 34.6 Å². The first-order valence-corrected chi connectivity index (χ1v) is 5.48. The Labute approximate surface area is 106 Å². The summed E-state index contributed by atoms with van der Waals surface area (Å²) in [7, 11) is 0. The SMILES string of the molecule is CC(C)(COCC(=O)O)NOC(=O)OC(C)(C)C. The highest BCUT2D eigenvalue weighted by atomic mass is 16.8. The van der Waals surface area contributed by atoms with Crippen molar-refractivity contribution in [1.29, 1.82) is 0 Å². The quantitative estimate of drug-likeness (QED) is 0.551. The highest BCUT2D eigenvalue weighted by Gasteiger charge is 2.23. The topological polar surface area (TPSA) is 94.1 Å². The van der Waals surface area contributed by atoms with Crippen LogP contribution in [0.2, 0.25) is 0 Å². The van der Waals surface area contributed by atoms with Gasteiger partial charge in [-0.1, -0.05) is 0 Å². The van der Waals surface area contributed by atoms with Gasteiger partial charge in [-0.15, -0.1) is 5.48 Å². The molecule has 7 heteroatoms. The van der Waals surface area contributed by atoms with E-state index >= 15 is 0 Å². The molecule has 0 fully saturated rings. The summed E-state index contributed by atoms with van der Waals surface area (Å²) in [5, 5.41) is 8.41. The van der Waals surface area contributed by atoms with Crippen molar-refractivity contribution < 1.29 is 29.0 Å². The summed E-state index contributed by atoms with van der Waals surface area (Å²) < 4.78 is 9.82. The molecule has 0 rings (SSSR count). The second kappa shape index (κ2) is 6.55. The van der Waals surface area contributed by atoms with E-state index in [1.165, 1.54) is 0 Å². The lowest BCUT2D eigenvalue weighted by Gasteiger charge is -2.25. The molecule has 0 amide bonds. The van der Waals surface area contributed by atoms with Gasteiger partial charge in [-0.2, -0.15) is 0 Å². The van der Waals surface area contributed by atoms with E-state index in [1.807, 2.05) is 0 Å². The fourth-order valence-corrected chi connectivity index (χ4v) is 0.874. The average Bonchev–Trinajstić information content (AvgIpc) is 2.11. The monoisotopic (exact) mass is 263 g/mol. The Hall–Kier alpha value is -1.34. The Bertz CT molecular complexity index is 294. The summed E-state index contributed by atoms with van der Waals surface area (Å²) >= 11 is 0. The first-order valence-electron chi connectivity index (χ1n) is 5.48. The van der Waals surface area contributed by atoms with Crippen LogP contribution in [0.3, 0.4) is 0 Å². The highest BCUT2D eigenvalue weighted by Crippen LogP contribution is 2.09. The molecule has 0 aromatic heterocycles. The summed E-state index contributed by atoms with van der Waals surface area (Å²) in [5.41, 5.74) is 1.11. The molecule has 0 aromatic carbocycles. The van der Waals surface area contributed by atoms with Crippen LogP contribution in [0.15, 0.2) is 0 Å². The number of rotatable bonds is 6. The molecule has 0 saturated carbocycles. The normalized spacial score (nSPS) is 12.1. The molecule has 0 radical (unpaired) electrons. The minimum absolute atomic E-state index is 0.0715. The first-order chi connectivity index (χ1) is 8.02. The summed E-state index contributed by atoms with van der Waals surface area (Å²) in [6.45, 7) is 8.21. The fourth-order valence-electron chi connectivity index (χ4n) is 0.874. The smallest absolute Gasteiger partial charge is 0.480 e. The van der Waals surface area contributed by atoms with E-state index in [1.54, 1.807) is 34.6 Å². The van der Waals surface area contributed by atoms with Gasteiger partial charge in [0.15, 0.2) is 0 Å². The largest absolute Gasteiger partial charge is 0.528 e. The number of hydrogen-bond donors (Lipinski definition) is 2. The van der Waals surface area contributed by atoms with Crippen LogP contribution >= 0.6 is 0 Å². The number of aliphatic carboxylic acids is 1. The lowest BCUT2D eigenvalue weighted by Crippen LogP contribution is -2.45. The van der Waals surface area contributed by atoms with Crippen LogP contribution in [0.5, 0.6) is 0 Å². The van der Waals surface area contributed by atoms with E-state index in [9.17, 15) is 9.59 Å². The Morgan fingerprint density at radius 3 is 2.17 bits per heavy atom. The van der Waals surface area contributed by atoms with Crippen LogP contribution in [-0.4, -0.2) is 41.6 Å². The zero-order valence-electron chi connectivity index (χ0n) is 11.4. The van der Waals surface area contributed by atoms with Gasteiger partial charge in [-0.25, -0.2) is 9.59 Å². The zero-order valence-corrected chi connectivity index (χ0v) is 11.4. The number of hydroxylamine groups is 1. The number of carboxylic acid groups (broad SMARTS) is 1. The van der Waals surface area contributed by atoms with Crippen molar-refractivity contribution in [3.05, 3.63) is 0 Å². The summed E-state index contributed by atoms with van der Waals surface area (Å²) in [6, 6.07) is 0. The molecular weight excluding hydrogens is 242 g/mol. The number of hydrogen-bond acceptors (Lipinski definition) is 6. The van der Waals surface area contributed by atoms with Gasteiger partial charge >= 0.3 is 12.1 Å². The third-order valence-corrected chi connectivity index (χ3v) is 1.49. The third kappa shape index (κ3) is 9.86. The minimum Gasteiger partial charge on any atom is -0.480 e. The van der Waals surface area contributed by atoms with Crippen LogP contribution in [0.4, 0.5) is 4.79 Å². The van der Waals surface area contributed by atoms with Crippen LogP contribution in [0.25, 0.3) is 0 Å². The summed E-state index contributed by atoms with van der Waals surface area (Å²) in [4.78, 5) is 26.2. The first kappa shape index (κ1) is 16.7. The van der Waals surface area contributed by atoms with Gasteiger partial charge in [-0.3, -0.25) is 0 Å². The van der Waals surface area contributed by atoms with Gasteiger partial charge in [0.2, 0.25) is 0 Å². The number of carbonyl (C=O) groups is 2. The maximum atomic E-state index is 11.2. The van der Waals surface area contributed by atoms with E-state index in [-0.39, 0.29) is 6.61 Å². The number of nitrogens with one attached hydrogen (secondary N) is 1. The van der Waals surface area contributed by atoms with Gasteiger partial charge in [0.1, 0.15) is 12.2 Å². The Kier molecular flexibility index (Phi) is 6.07. The lowest BCUT2D eigenvalue weighted by molar-refractivity contribution is -0.143. The van der Waals surface area contributed by atoms with Crippen LogP contribution in [-0.2, 0) is 19.1 Å². The van der Waals surface area contributed by atoms with Crippen molar-refractivity contribution in [2.75, 3.05) is 13.2 Å². The number of carbonyl (C=O) groups excluding carboxylic acids is 1. The molecule has 0 aromatic rings. The van der Waals surface area contributed by atoms with Crippen LogP contribution in [0, 0.1) is 0 Å². The third-order valence-electron chi connectivity index (χ3n) is 1.49. The van der Waals surface area contributed by atoms with Gasteiger partial charge < -0.3 is 19.4 Å². The van der Waals surface area contributed by atoms with Crippen LogP contribution < -0.4 is 5.48 Å². The van der Waals surface area contributed by atoms with Gasteiger partial charge in [0.25, 0.3) is 0 Å². The molecule has 0 saturated heterocycles. The number of ether oxygens (including phenoxy) is 2. The van der Waals surface area contributed by atoms with Crippen molar-refractivity contribution >= 4 is 12.1 Å². The zero-order chi connectivity index (χ0) is 14.4. The van der Waals surface area contributed by atoms with Gasteiger partial charge in [-0.05, 0) is 34.6 Å². The maximum absolute atomic E-state index is 11.2. The maximum Gasteiger partial charge on any atom is 0.528 e. The number of carboxylic acids is 1. The average molecular weight is 263 g/mol. The standard InChI is InChI=1S/C11H21NO6/c1-10(2,3)17-9(15)18-12-11(4,5)7-16-6-8(13)14/h12H,6-7H2,1-5H3,(H,13,14). The van der Waals surface area contributed by atoms with Crippen molar-refractivity contribution in [1.82, 2.24) is 5.48 Å². The molecule has 0 unspecified atom stereocenters. The van der Waals surface area contributed by atoms with Crippen molar-refractivity contribution in [2.24, 2.45) is 0 Å². The molecule has 18 heavy (non-hydrogen) atoms. The molecule has 0 bridgehead atoms. The molecular formula is C11H21NO6. The van der Waals surface area contributed by atoms with E-state index in [0.717, 1.165) is 0 Å². The highest BCUT2D eigenvalue weighted by molar-refractivity contribution is 5.68. The molecule has 2 N–H and O–H groups in total. The molecule has 0 atom stereocenters. The van der Waals surface area contributed by atoms with Gasteiger partial charge in [0.05, 0.1) is 12.1 Å². The lowest BCUT2D eigenvalue weighted by atomic mass is 10.1. The Morgan fingerprint density at radius 1 is 1.17 bits per heavy atom. The molecule has 0 heterocycles.